The molecule has 116 valence electrons. The lowest BCUT2D eigenvalue weighted by molar-refractivity contribution is -0.137. The molecule has 3 N–H and O–H groups in total. The number of hydrogen-bond donors (Lipinski definition) is 3. The number of carbonyl (C=O) groups excluding carboxylic acids is 1. The van der Waals surface area contributed by atoms with E-state index < -0.39 is 5.97 Å². The van der Waals surface area contributed by atoms with E-state index in [-0.39, 0.29) is 12.6 Å². The Morgan fingerprint density at radius 3 is 3.00 bits per heavy atom. The van der Waals surface area contributed by atoms with Gasteiger partial charge in [0.05, 0.1) is 11.9 Å². The molecule has 0 saturated heterocycles. The van der Waals surface area contributed by atoms with Gasteiger partial charge in [-0.1, -0.05) is 0 Å². The van der Waals surface area contributed by atoms with Gasteiger partial charge in [0.15, 0.2) is 0 Å². The van der Waals surface area contributed by atoms with E-state index in [0.717, 1.165) is 18.9 Å². The molecule has 0 spiro atoms. The summed E-state index contributed by atoms with van der Waals surface area (Å²) in [5.74, 6) is -0.233. The van der Waals surface area contributed by atoms with Crippen molar-refractivity contribution in [1.82, 2.24) is 15.1 Å². The van der Waals surface area contributed by atoms with Crippen LogP contribution in [0.2, 0.25) is 0 Å². The summed E-state index contributed by atoms with van der Waals surface area (Å²) in [6, 6.07) is -0.341. The fourth-order valence-corrected chi connectivity index (χ4v) is 1.74. The van der Waals surface area contributed by atoms with Crippen LogP contribution in [-0.2, 0) is 16.1 Å². The summed E-state index contributed by atoms with van der Waals surface area (Å²) in [6.45, 7) is 1.77. The van der Waals surface area contributed by atoms with Gasteiger partial charge < -0.3 is 20.5 Å². The number of carboxylic acids is 1. The van der Waals surface area contributed by atoms with Gasteiger partial charge in [-0.25, -0.2) is 4.79 Å². The lowest BCUT2D eigenvalue weighted by atomic mass is 10.4. The Hall–Kier alpha value is -2.09. The van der Waals surface area contributed by atoms with Crippen molar-refractivity contribution < 1.29 is 19.4 Å². The molecule has 1 saturated carbocycles. The van der Waals surface area contributed by atoms with Crippen LogP contribution in [-0.4, -0.2) is 46.6 Å². The maximum atomic E-state index is 11.6. The Kier molecular flexibility index (Phi) is 5.56. The van der Waals surface area contributed by atoms with Gasteiger partial charge >= 0.3 is 12.0 Å². The average Bonchev–Trinajstić information content (AvgIpc) is 3.14. The number of amides is 2. The molecule has 1 heterocycles. The van der Waals surface area contributed by atoms with E-state index in [9.17, 15) is 9.59 Å². The molecular formula is C13H20N4O4. The number of hydrogen-bond acceptors (Lipinski definition) is 4. The van der Waals surface area contributed by atoms with Gasteiger partial charge in [-0.3, -0.25) is 9.48 Å². The second-order valence-electron chi connectivity index (χ2n) is 5.07. The number of aliphatic carboxylic acids is 1. The van der Waals surface area contributed by atoms with Crippen molar-refractivity contribution >= 4 is 17.7 Å². The summed E-state index contributed by atoms with van der Waals surface area (Å²) >= 11 is 0. The van der Waals surface area contributed by atoms with Crippen molar-refractivity contribution in [2.75, 3.05) is 25.1 Å². The fraction of sp³-hybridized carbons (Fsp3) is 0.615. The maximum absolute atomic E-state index is 11.6. The zero-order valence-electron chi connectivity index (χ0n) is 11.7. The van der Waals surface area contributed by atoms with Crippen LogP contribution < -0.4 is 10.6 Å². The van der Waals surface area contributed by atoms with Gasteiger partial charge in [0.25, 0.3) is 0 Å². The van der Waals surface area contributed by atoms with Crippen molar-refractivity contribution in [3.05, 3.63) is 12.4 Å². The van der Waals surface area contributed by atoms with Gasteiger partial charge in [-0.2, -0.15) is 5.10 Å². The van der Waals surface area contributed by atoms with Crippen molar-refractivity contribution in [1.29, 1.82) is 0 Å². The van der Waals surface area contributed by atoms with E-state index in [2.05, 4.69) is 15.7 Å². The van der Waals surface area contributed by atoms with Crippen molar-refractivity contribution in [3.8, 4) is 0 Å². The number of anilines is 1. The number of urea groups is 1. The molecule has 0 atom stereocenters. The van der Waals surface area contributed by atoms with Crippen LogP contribution in [0.4, 0.5) is 10.5 Å². The van der Waals surface area contributed by atoms with E-state index >= 15 is 0 Å². The van der Waals surface area contributed by atoms with E-state index in [1.807, 2.05) is 0 Å². The Bertz CT molecular complexity index is 484. The molecule has 0 aliphatic heterocycles. The maximum Gasteiger partial charge on any atom is 0.325 e. The van der Waals surface area contributed by atoms with Crippen molar-refractivity contribution in [3.63, 3.8) is 0 Å². The van der Waals surface area contributed by atoms with Crippen LogP contribution in [0.5, 0.6) is 0 Å². The Morgan fingerprint density at radius 1 is 1.48 bits per heavy atom. The van der Waals surface area contributed by atoms with Gasteiger partial charge in [0.1, 0.15) is 6.54 Å². The highest BCUT2D eigenvalue weighted by Gasteiger charge is 2.20. The molecule has 8 heteroatoms. The van der Waals surface area contributed by atoms with E-state index in [1.165, 1.54) is 29.9 Å². The largest absolute Gasteiger partial charge is 0.480 e. The second-order valence-corrected chi connectivity index (χ2v) is 5.07. The molecular weight excluding hydrogens is 276 g/mol. The third kappa shape index (κ3) is 6.26. The molecule has 1 fully saturated rings. The molecule has 1 aromatic heterocycles. The first kappa shape index (κ1) is 15.3. The zero-order valence-corrected chi connectivity index (χ0v) is 11.7. The molecule has 0 bridgehead atoms. The van der Waals surface area contributed by atoms with Crippen molar-refractivity contribution in [2.24, 2.45) is 5.92 Å². The molecule has 8 nitrogen and oxygen atoms in total. The SMILES string of the molecule is O=C(O)Cn1cc(NC(=O)NCCCOCC2CC2)cn1. The van der Waals surface area contributed by atoms with Crippen LogP contribution in [0.25, 0.3) is 0 Å². The van der Waals surface area contributed by atoms with Crippen LogP contribution in [0, 0.1) is 5.92 Å². The van der Waals surface area contributed by atoms with Gasteiger partial charge in [-0.05, 0) is 25.2 Å². The monoisotopic (exact) mass is 296 g/mol. The Balaban J connectivity index is 1.55. The van der Waals surface area contributed by atoms with E-state index in [0.29, 0.717) is 18.8 Å². The smallest absolute Gasteiger partial charge is 0.325 e. The Labute approximate surface area is 122 Å². The van der Waals surface area contributed by atoms with Crippen LogP contribution in [0.3, 0.4) is 0 Å². The number of rotatable bonds is 9. The summed E-state index contributed by atoms with van der Waals surface area (Å²) in [5, 5.41) is 17.7. The zero-order chi connectivity index (χ0) is 15.1. The van der Waals surface area contributed by atoms with Crippen LogP contribution in [0.15, 0.2) is 12.4 Å². The summed E-state index contributed by atoms with van der Waals surface area (Å²) in [4.78, 5) is 22.1. The van der Waals surface area contributed by atoms with Gasteiger partial charge in [0.2, 0.25) is 0 Å². The quantitative estimate of drug-likeness (QED) is 0.587. The number of carboxylic acid groups (broad SMARTS) is 1. The van der Waals surface area contributed by atoms with Crippen LogP contribution >= 0.6 is 0 Å². The topological polar surface area (TPSA) is 105 Å². The summed E-state index contributed by atoms with van der Waals surface area (Å²) in [5.41, 5.74) is 0.457. The van der Waals surface area contributed by atoms with Crippen molar-refractivity contribution in [2.45, 2.75) is 25.8 Å². The highest BCUT2D eigenvalue weighted by atomic mass is 16.5. The third-order valence-electron chi connectivity index (χ3n) is 2.99. The van der Waals surface area contributed by atoms with E-state index in [1.54, 1.807) is 0 Å². The first-order valence-corrected chi connectivity index (χ1v) is 7.00. The highest BCUT2D eigenvalue weighted by molar-refractivity contribution is 5.88. The molecule has 0 aromatic carbocycles. The fourth-order valence-electron chi connectivity index (χ4n) is 1.74. The number of ether oxygens (including phenoxy) is 1. The molecule has 1 aliphatic carbocycles. The normalized spacial score (nSPS) is 13.9. The van der Waals surface area contributed by atoms with Gasteiger partial charge in [0, 0.05) is 26.0 Å². The van der Waals surface area contributed by atoms with Crippen LogP contribution in [0.1, 0.15) is 19.3 Å². The molecule has 1 aliphatic rings. The highest BCUT2D eigenvalue weighted by Crippen LogP contribution is 2.28. The minimum atomic E-state index is -0.986. The third-order valence-corrected chi connectivity index (χ3v) is 2.99. The molecule has 2 amide bonds. The predicted molar refractivity (Wildman–Crippen MR) is 75.0 cm³/mol. The minimum Gasteiger partial charge on any atom is -0.480 e. The first-order chi connectivity index (χ1) is 10.1. The molecule has 21 heavy (non-hydrogen) atoms. The standard InChI is InChI=1S/C13H20N4O4/c18-12(19)8-17-7-11(6-15-17)16-13(20)14-4-1-5-21-9-10-2-3-10/h6-7,10H,1-5,8-9H2,(H,18,19)(H2,14,16,20). The second kappa shape index (κ2) is 7.63. The van der Waals surface area contributed by atoms with E-state index in [4.69, 9.17) is 9.84 Å². The lowest BCUT2D eigenvalue weighted by Gasteiger charge is -2.06. The molecule has 1 aromatic rings. The van der Waals surface area contributed by atoms with Gasteiger partial charge in [-0.15, -0.1) is 0 Å². The minimum absolute atomic E-state index is 0.234. The molecule has 0 unspecified atom stereocenters. The number of carbonyl (C=O) groups is 2. The summed E-state index contributed by atoms with van der Waals surface area (Å²) in [7, 11) is 0. The molecule has 0 radical (unpaired) electrons. The summed E-state index contributed by atoms with van der Waals surface area (Å²) in [6.07, 6.45) is 6.18. The number of nitrogens with zero attached hydrogens (tertiary/aromatic N) is 2. The molecule has 2 rings (SSSR count). The predicted octanol–water partition coefficient (Wildman–Crippen LogP) is 0.906. The number of aromatic nitrogens is 2. The first-order valence-electron chi connectivity index (χ1n) is 7.00. The summed E-state index contributed by atoms with van der Waals surface area (Å²) < 4.78 is 6.70. The number of nitrogens with one attached hydrogen (secondary N) is 2. The Morgan fingerprint density at radius 2 is 2.29 bits per heavy atom. The average molecular weight is 296 g/mol. The lowest BCUT2D eigenvalue weighted by Crippen LogP contribution is -2.30.